The van der Waals surface area contributed by atoms with E-state index in [1.54, 1.807) is 0 Å². The highest BCUT2D eigenvalue weighted by Gasteiger charge is 2.00. The smallest absolute Gasteiger partial charge is 0.149 e. The van der Waals surface area contributed by atoms with Crippen LogP contribution in [0.3, 0.4) is 0 Å². The van der Waals surface area contributed by atoms with Crippen LogP contribution in [0.4, 0.5) is 14.5 Å². The Bertz CT molecular complexity index is 318. The van der Waals surface area contributed by atoms with Crippen molar-refractivity contribution in [2.24, 2.45) is 4.99 Å². The molecule has 0 aliphatic carbocycles. The Hall–Kier alpha value is -1.12. The molecule has 1 aromatic carbocycles. The molecule has 1 aromatic rings. The summed E-state index contributed by atoms with van der Waals surface area (Å²) in [6.45, 7) is 0. The molecule has 0 aliphatic heterocycles. The first kappa shape index (κ1) is 7.98. The maximum Gasteiger partial charge on any atom is 0.149 e. The number of rotatable bonds is 1. The molecule has 11 heavy (non-hydrogen) atoms. The first-order valence-electron chi connectivity index (χ1n) is 2.77. The molecule has 0 atom stereocenters. The van der Waals surface area contributed by atoms with E-state index in [9.17, 15) is 8.78 Å². The number of hydrogen-bond donors (Lipinski definition) is 0. The molecule has 0 amide bonds. The van der Waals surface area contributed by atoms with Crippen molar-refractivity contribution in [3.05, 3.63) is 29.8 Å². The van der Waals surface area contributed by atoms with Gasteiger partial charge in [0.25, 0.3) is 0 Å². The zero-order chi connectivity index (χ0) is 8.27. The molecule has 0 aromatic heterocycles. The predicted octanol–water partition coefficient (Wildman–Crippen LogP) is 2.70. The van der Waals surface area contributed by atoms with E-state index in [1.165, 1.54) is 0 Å². The van der Waals surface area contributed by atoms with Crippen molar-refractivity contribution in [1.82, 2.24) is 0 Å². The Morgan fingerprint density at radius 3 is 2.73 bits per heavy atom. The quantitative estimate of drug-likeness (QED) is 0.467. The molecule has 1 nitrogen and oxygen atoms in total. The third-order valence-electron chi connectivity index (χ3n) is 1.07. The topological polar surface area (TPSA) is 12.4 Å². The molecule has 0 saturated heterocycles. The van der Waals surface area contributed by atoms with Gasteiger partial charge in [0.2, 0.25) is 0 Å². The summed E-state index contributed by atoms with van der Waals surface area (Å²) in [6.07, 6.45) is 0. The Morgan fingerprint density at radius 1 is 1.36 bits per heavy atom. The largest absolute Gasteiger partial charge is 0.207 e. The zero-order valence-electron chi connectivity index (χ0n) is 5.34. The van der Waals surface area contributed by atoms with Crippen LogP contribution in [0.1, 0.15) is 0 Å². The van der Waals surface area contributed by atoms with Crippen LogP contribution in [0.15, 0.2) is 23.2 Å². The summed E-state index contributed by atoms with van der Waals surface area (Å²) >= 11 is 4.23. The molecule has 4 heteroatoms. The fourth-order valence-corrected chi connectivity index (χ4v) is 0.719. The van der Waals surface area contributed by atoms with E-state index in [2.05, 4.69) is 17.2 Å². The first-order chi connectivity index (χ1) is 5.24. The van der Waals surface area contributed by atoms with Crippen LogP contribution < -0.4 is 0 Å². The van der Waals surface area contributed by atoms with Crippen molar-refractivity contribution in [1.29, 1.82) is 0 Å². The molecule has 56 valence electrons. The summed E-state index contributed by atoms with van der Waals surface area (Å²) in [4.78, 5) is 3.32. The number of aliphatic imine (C=N–C) groups is 1. The van der Waals surface area contributed by atoms with Gasteiger partial charge in [-0.1, -0.05) is 0 Å². The van der Waals surface area contributed by atoms with Gasteiger partial charge in [0.05, 0.1) is 5.16 Å². The van der Waals surface area contributed by atoms with Gasteiger partial charge in [-0.05, 0) is 24.4 Å². The number of benzene rings is 1. The molecule has 0 unspecified atom stereocenters. The van der Waals surface area contributed by atoms with Crippen LogP contribution in [0.5, 0.6) is 0 Å². The number of hydrogen-bond acceptors (Lipinski definition) is 2. The lowest BCUT2D eigenvalue weighted by Crippen LogP contribution is -1.77. The third kappa shape index (κ3) is 1.90. The highest BCUT2D eigenvalue weighted by atomic mass is 32.1. The number of isothiocyanates is 1. The lowest BCUT2D eigenvalue weighted by atomic mass is 10.3. The van der Waals surface area contributed by atoms with Crippen molar-refractivity contribution in [3.8, 4) is 0 Å². The Balaban J connectivity index is 3.22. The van der Waals surface area contributed by atoms with E-state index in [1.807, 2.05) is 5.16 Å². The summed E-state index contributed by atoms with van der Waals surface area (Å²) < 4.78 is 25.0. The third-order valence-corrected chi connectivity index (χ3v) is 1.17. The average Bonchev–Trinajstić information content (AvgIpc) is 1.98. The monoisotopic (exact) mass is 171 g/mol. The molecule has 0 fully saturated rings. The van der Waals surface area contributed by atoms with Gasteiger partial charge >= 0.3 is 0 Å². The Labute approximate surface area is 67.4 Å². The minimum atomic E-state index is -0.608. The van der Waals surface area contributed by atoms with Crippen molar-refractivity contribution >= 4 is 23.1 Å². The molecule has 0 spiro atoms. The van der Waals surface area contributed by atoms with E-state index in [0.717, 1.165) is 18.2 Å². The lowest BCUT2D eigenvalue weighted by molar-refractivity contribution is 0.602. The van der Waals surface area contributed by atoms with Gasteiger partial charge in [-0.15, -0.1) is 0 Å². The molecular weight excluding hydrogens is 168 g/mol. The highest BCUT2D eigenvalue weighted by molar-refractivity contribution is 7.78. The minimum absolute atomic E-state index is 0.125. The summed E-state index contributed by atoms with van der Waals surface area (Å²) in [5, 5.41) is 1.95. The first-order valence-corrected chi connectivity index (χ1v) is 3.18. The van der Waals surface area contributed by atoms with Gasteiger partial charge in [-0.2, -0.15) is 4.99 Å². The van der Waals surface area contributed by atoms with Gasteiger partial charge in [-0.3, -0.25) is 0 Å². The standard InChI is InChI=1S/C7H3F2NS/c8-5-1-2-6(9)7(3-5)10-4-11/h1-3H. The van der Waals surface area contributed by atoms with Crippen molar-refractivity contribution in [2.45, 2.75) is 0 Å². The molecule has 0 heterocycles. The second kappa shape index (κ2) is 3.32. The number of nitrogens with zero attached hydrogens (tertiary/aromatic N) is 1. The molecule has 0 N–H and O–H groups in total. The van der Waals surface area contributed by atoms with Gasteiger partial charge in [0, 0.05) is 6.07 Å². The van der Waals surface area contributed by atoms with E-state index in [4.69, 9.17) is 0 Å². The van der Waals surface area contributed by atoms with Crippen LogP contribution >= 0.6 is 12.2 Å². The summed E-state index contributed by atoms with van der Waals surface area (Å²) in [5.41, 5.74) is -0.125. The van der Waals surface area contributed by atoms with Gasteiger partial charge in [0.1, 0.15) is 17.3 Å². The molecule has 0 radical (unpaired) electrons. The SMILES string of the molecule is Fc1ccc(F)c(N=C=S)c1. The minimum Gasteiger partial charge on any atom is -0.207 e. The lowest BCUT2D eigenvalue weighted by Gasteiger charge is -1.92. The van der Waals surface area contributed by atoms with Crippen molar-refractivity contribution in [2.75, 3.05) is 0 Å². The normalized spacial score (nSPS) is 8.91. The zero-order valence-corrected chi connectivity index (χ0v) is 6.16. The average molecular weight is 171 g/mol. The van der Waals surface area contributed by atoms with E-state index in [-0.39, 0.29) is 5.69 Å². The number of halogens is 2. The fraction of sp³-hybridized carbons (Fsp3) is 0. The van der Waals surface area contributed by atoms with E-state index < -0.39 is 11.6 Å². The second-order valence-corrected chi connectivity index (χ2v) is 1.98. The molecule has 0 saturated carbocycles. The van der Waals surface area contributed by atoms with Gasteiger partial charge < -0.3 is 0 Å². The summed E-state index contributed by atoms with van der Waals surface area (Å²) in [7, 11) is 0. The summed E-state index contributed by atoms with van der Waals surface area (Å²) in [5.74, 6) is -1.15. The van der Waals surface area contributed by atoms with E-state index in [0.29, 0.717) is 0 Å². The van der Waals surface area contributed by atoms with Crippen LogP contribution in [0, 0.1) is 11.6 Å². The van der Waals surface area contributed by atoms with Crippen LogP contribution in [0.25, 0.3) is 0 Å². The molecule has 0 bridgehead atoms. The van der Waals surface area contributed by atoms with Crippen molar-refractivity contribution < 1.29 is 8.78 Å². The molecule has 0 aliphatic rings. The second-order valence-electron chi connectivity index (χ2n) is 1.80. The maximum absolute atomic E-state index is 12.6. The molecule has 1 rings (SSSR count). The number of thiocarbonyl (C=S) groups is 1. The molecular formula is C7H3F2NS. The Kier molecular flexibility index (Phi) is 2.41. The summed E-state index contributed by atoms with van der Waals surface area (Å²) in [6, 6.07) is 2.95. The van der Waals surface area contributed by atoms with Crippen LogP contribution in [-0.4, -0.2) is 5.16 Å². The van der Waals surface area contributed by atoms with Gasteiger partial charge in [-0.25, -0.2) is 8.78 Å². The van der Waals surface area contributed by atoms with E-state index >= 15 is 0 Å². The van der Waals surface area contributed by atoms with Crippen LogP contribution in [0.2, 0.25) is 0 Å². The van der Waals surface area contributed by atoms with Crippen LogP contribution in [-0.2, 0) is 0 Å². The fourth-order valence-electron chi connectivity index (χ4n) is 0.621. The highest BCUT2D eigenvalue weighted by Crippen LogP contribution is 2.17. The Morgan fingerprint density at radius 2 is 2.09 bits per heavy atom. The van der Waals surface area contributed by atoms with Crippen molar-refractivity contribution in [3.63, 3.8) is 0 Å². The maximum atomic E-state index is 12.6. The predicted molar refractivity (Wildman–Crippen MR) is 41.0 cm³/mol. The van der Waals surface area contributed by atoms with Gasteiger partial charge in [0.15, 0.2) is 0 Å².